The fraction of sp³-hybridized carbons (Fsp3) is 0.778. The number of thioether (sulfide) groups is 1. The van der Waals surface area contributed by atoms with Crippen molar-refractivity contribution in [3.8, 4) is 0 Å². The van der Waals surface area contributed by atoms with Gasteiger partial charge in [-0.3, -0.25) is 28.2 Å². The molecule has 0 N–H and O–H groups in total. The van der Waals surface area contributed by atoms with Crippen LogP contribution in [0.3, 0.4) is 0 Å². The van der Waals surface area contributed by atoms with Crippen molar-refractivity contribution in [2.24, 2.45) is 5.41 Å². The van der Waals surface area contributed by atoms with Gasteiger partial charge in [0.05, 0.1) is 6.61 Å². The maximum absolute atomic E-state index is 12.6. The number of hydrogen-bond acceptors (Lipinski definition) is 10. The number of hydrogen-bond donors (Lipinski definition) is 0. The molecular weight excluding hydrogens is 423 g/mol. The topological polar surface area (TPSA) is 122 Å². The summed E-state index contributed by atoms with van der Waals surface area (Å²) in [7, 11) is -4.03. The summed E-state index contributed by atoms with van der Waals surface area (Å²) in [6.07, 6.45) is 0.657. The van der Waals surface area contributed by atoms with E-state index >= 15 is 0 Å². The lowest BCUT2D eigenvalue weighted by Gasteiger charge is -2.39. The summed E-state index contributed by atoms with van der Waals surface area (Å²) in [6, 6.07) is 0. The van der Waals surface area contributed by atoms with Crippen LogP contribution in [0.25, 0.3) is 0 Å². The second kappa shape index (κ2) is 12.0. The summed E-state index contributed by atoms with van der Waals surface area (Å²) in [5.41, 5.74) is -0.732. The van der Waals surface area contributed by atoms with E-state index in [9.17, 15) is 23.7 Å². The van der Waals surface area contributed by atoms with Gasteiger partial charge in [0.15, 0.2) is 10.9 Å². The summed E-state index contributed by atoms with van der Waals surface area (Å²) >= 11 is 1.19. The average molecular weight is 452 g/mol. The normalized spacial score (nSPS) is 23.4. The molecule has 0 spiro atoms. The maximum Gasteiger partial charge on any atom is 0.478 e. The molecule has 0 aromatic carbocycles. The third kappa shape index (κ3) is 10.00. The van der Waals surface area contributed by atoms with E-state index in [1.165, 1.54) is 25.6 Å². The van der Waals surface area contributed by atoms with Gasteiger partial charge >= 0.3 is 13.8 Å². The molecule has 1 heterocycles. The smallest absolute Gasteiger partial charge is 0.438 e. The van der Waals surface area contributed by atoms with Crippen molar-refractivity contribution in [2.45, 2.75) is 65.9 Å². The van der Waals surface area contributed by atoms with Gasteiger partial charge in [-0.1, -0.05) is 25.6 Å². The zero-order valence-electron chi connectivity index (χ0n) is 17.3. The highest BCUT2D eigenvalue weighted by molar-refractivity contribution is 8.13. The van der Waals surface area contributed by atoms with Gasteiger partial charge in [-0.25, -0.2) is 9.09 Å². The lowest BCUT2D eigenvalue weighted by Crippen LogP contribution is -2.44. The number of esters is 1. The molecule has 2 atom stereocenters. The summed E-state index contributed by atoms with van der Waals surface area (Å²) < 4.78 is 32.5. The van der Waals surface area contributed by atoms with E-state index in [-0.39, 0.29) is 36.1 Å². The average Bonchev–Trinajstić information content (AvgIpc) is 2.60. The molecule has 0 bridgehead atoms. The molecule has 1 aliphatic rings. The summed E-state index contributed by atoms with van der Waals surface area (Å²) in [5, 5.41) is 0.0243. The number of Topliss-reactive ketones (excluding diaryl/α,β-unsaturated/α-hetero) is 2. The minimum atomic E-state index is -4.03. The highest BCUT2D eigenvalue weighted by Gasteiger charge is 2.48. The first-order valence-corrected chi connectivity index (χ1v) is 11.8. The maximum atomic E-state index is 12.6. The van der Waals surface area contributed by atoms with Crippen LogP contribution in [-0.4, -0.2) is 47.9 Å². The number of ketones is 2. The Morgan fingerprint density at radius 1 is 1.10 bits per heavy atom. The predicted octanol–water partition coefficient (Wildman–Crippen LogP) is 3.44. The van der Waals surface area contributed by atoms with Crippen molar-refractivity contribution in [2.75, 3.05) is 19.2 Å². The van der Waals surface area contributed by atoms with E-state index in [1.54, 1.807) is 13.8 Å². The molecule has 11 heteroatoms. The van der Waals surface area contributed by atoms with Crippen LogP contribution in [-0.2, 0) is 42.1 Å². The minimum absolute atomic E-state index is 0.0243. The first kappa shape index (κ1) is 26.0. The number of phosphoric ester groups is 1. The number of rotatable bonds is 12. The lowest BCUT2D eigenvalue weighted by atomic mass is 9.84. The molecule has 1 aliphatic heterocycles. The van der Waals surface area contributed by atoms with Crippen LogP contribution in [0.2, 0.25) is 0 Å². The fourth-order valence-electron chi connectivity index (χ4n) is 2.56. The largest absolute Gasteiger partial charge is 0.478 e. The Kier molecular flexibility index (Phi) is 10.7. The molecule has 0 saturated carbocycles. The Hall–Kier alpha value is -1.06. The van der Waals surface area contributed by atoms with Crippen LogP contribution in [0.4, 0.5) is 0 Å². The van der Waals surface area contributed by atoms with E-state index < -0.39 is 32.1 Å². The molecule has 0 aliphatic carbocycles. The number of ether oxygens (including phenoxy) is 1. The lowest BCUT2D eigenvalue weighted by molar-refractivity contribution is -0.153. The second-order valence-electron chi connectivity index (χ2n) is 7.38. The third-order valence-corrected chi connectivity index (χ3v) is 6.32. The van der Waals surface area contributed by atoms with Gasteiger partial charge in [0.2, 0.25) is 6.79 Å². The number of carbonyl (C=O) groups is 4. The van der Waals surface area contributed by atoms with E-state index in [0.717, 1.165) is 0 Å². The molecule has 1 saturated heterocycles. The number of carbonyl (C=O) groups excluding carboxylic acids is 4. The molecule has 0 unspecified atom stereocenters. The SMILES string of the molecule is CC(=O)OCO[P@]1(=O)OCC(C)(C)[C@H](C(=O)CCCC(=O)CCCSC(C)=O)O1. The van der Waals surface area contributed by atoms with Crippen LogP contribution in [0.5, 0.6) is 0 Å². The molecule has 0 aromatic heterocycles. The van der Waals surface area contributed by atoms with Gasteiger partial charge in [-0.05, 0) is 12.8 Å². The van der Waals surface area contributed by atoms with Gasteiger partial charge in [0.25, 0.3) is 0 Å². The summed E-state index contributed by atoms with van der Waals surface area (Å²) in [5.74, 6) is -0.280. The zero-order chi connectivity index (χ0) is 22.1. The zero-order valence-corrected chi connectivity index (χ0v) is 19.0. The van der Waals surface area contributed by atoms with Crippen molar-refractivity contribution in [3.05, 3.63) is 0 Å². The molecule has 29 heavy (non-hydrogen) atoms. The van der Waals surface area contributed by atoms with Gasteiger partial charge in [-0.15, -0.1) is 0 Å². The summed E-state index contributed by atoms with van der Waals surface area (Å²) in [4.78, 5) is 46.1. The molecule has 1 rings (SSSR count). The van der Waals surface area contributed by atoms with Crippen LogP contribution in [0.1, 0.15) is 59.8 Å². The van der Waals surface area contributed by atoms with Gasteiger partial charge in [-0.2, -0.15) is 0 Å². The van der Waals surface area contributed by atoms with Crippen molar-refractivity contribution in [1.29, 1.82) is 0 Å². The number of phosphoric acid groups is 1. The van der Waals surface area contributed by atoms with Crippen molar-refractivity contribution >= 4 is 42.2 Å². The van der Waals surface area contributed by atoms with E-state index in [2.05, 4.69) is 4.74 Å². The Balaban J connectivity index is 2.46. The molecular formula is C18H29O9PS. The van der Waals surface area contributed by atoms with Crippen molar-refractivity contribution < 1.29 is 42.1 Å². The van der Waals surface area contributed by atoms with Gasteiger partial charge in [0.1, 0.15) is 11.9 Å². The van der Waals surface area contributed by atoms with Crippen LogP contribution in [0, 0.1) is 5.41 Å². The fourth-order valence-corrected chi connectivity index (χ4v) is 4.67. The predicted molar refractivity (Wildman–Crippen MR) is 106 cm³/mol. The van der Waals surface area contributed by atoms with Crippen LogP contribution >= 0.6 is 19.6 Å². The molecule has 9 nitrogen and oxygen atoms in total. The highest BCUT2D eigenvalue weighted by atomic mass is 32.2. The first-order valence-electron chi connectivity index (χ1n) is 9.34. The third-order valence-electron chi connectivity index (χ3n) is 4.09. The summed E-state index contributed by atoms with van der Waals surface area (Å²) in [6.45, 7) is 5.49. The molecule has 166 valence electrons. The van der Waals surface area contributed by atoms with E-state index in [4.69, 9.17) is 13.6 Å². The second-order valence-corrected chi connectivity index (χ2v) is 10.3. The van der Waals surface area contributed by atoms with Crippen molar-refractivity contribution in [3.63, 3.8) is 0 Å². The Morgan fingerprint density at radius 2 is 1.76 bits per heavy atom. The van der Waals surface area contributed by atoms with E-state index in [1.807, 2.05) is 0 Å². The molecule has 0 aromatic rings. The Morgan fingerprint density at radius 3 is 2.38 bits per heavy atom. The van der Waals surface area contributed by atoms with Gasteiger partial charge < -0.3 is 4.74 Å². The standard InChI is InChI=1S/C18H29O9PS/c1-13(19)24-12-26-28(23)25-11-18(3,4)17(27-28)16(22)9-5-7-15(21)8-6-10-29-14(2)20/h17H,5-12H2,1-4H3/t17-,28-/m0/s1. The monoisotopic (exact) mass is 452 g/mol. The Labute approximate surface area is 175 Å². The van der Waals surface area contributed by atoms with Crippen LogP contribution in [0.15, 0.2) is 0 Å². The highest BCUT2D eigenvalue weighted by Crippen LogP contribution is 2.57. The Bertz CT molecular complexity index is 662. The van der Waals surface area contributed by atoms with Gasteiger partial charge in [0, 0.05) is 44.3 Å². The quantitative estimate of drug-likeness (QED) is 0.188. The molecule has 0 amide bonds. The minimum Gasteiger partial charge on any atom is -0.438 e. The van der Waals surface area contributed by atoms with Crippen LogP contribution < -0.4 is 0 Å². The first-order chi connectivity index (χ1) is 13.4. The van der Waals surface area contributed by atoms with E-state index in [0.29, 0.717) is 25.0 Å². The molecule has 0 radical (unpaired) electrons. The van der Waals surface area contributed by atoms with Crippen molar-refractivity contribution in [1.82, 2.24) is 0 Å². The molecule has 1 fully saturated rings.